The summed E-state index contributed by atoms with van der Waals surface area (Å²) in [6.45, 7) is 4.65. The number of hydrogen-bond acceptors (Lipinski definition) is 4. The van der Waals surface area contributed by atoms with Crippen molar-refractivity contribution < 1.29 is 14.3 Å². The Bertz CT molecular complexity index is 1090. The molecule has 0 bridgehead atoms. The number of ether oxygens (including phenoxy) is 1. The van der Waals surface area contributed by atoms with Crippen LogP contribution >= 0.6 is 11.3 Å². The molecule has 1 aliphatic carbocycles. The fraction of sp³-hybridized carbons (Fsp3) is 0.280. The van der Waals surface area contributed by atoms with E-state index in [-0.39, 0.29) is 11.8 Å². The molecule has 2 amide bonds. The first-order valence-electron chi connectivity index (χ1n) is 10.6. The molecule has 0 saturated carbocycles. The van der Waals surface area contributed by atoms with Crippen LogP contribution in [0.15, 0.2) is 54.6 Å². The number of anilines is 2. The third-order valence-electron chi connectivity index (χ3n) is 5.44. The molecule has 0 aliphatic heterocycles. The van der Waals surface area contributed by atoms with Crippen molar-refractivity contribution >= 4 is 33.8 Å². The van der Waals surface area contributed by atoms with Gasteiger partial charge in [0.15, 0.2) is 0 Å². The van der Waals surface area contributed by atoms with Gasteiger partial charge in [0.2, 0.25) is 0 Å². The number of amides is 2. The lowest BCUT2D eigenvalue weighted by atomic mass is 9.88. The molecule has 0 radical (unpaired) electrons. The summed E-state index contributed by atoms with van der Waals surface area (Å²) in [5.41, 5.74) is 2.81. The highest BCUT2D eigenvalue weighted by atomic mass is 32.1. The maximum Gasteiger partial charge on any atom is 0.259 e. The minimum atomic E-state index is -0.220. The summed E-state index contributed by atoms with van der Waals surface area (Å²) >= 11 is 1.52. The highest BCUT2D eigenvalue weighted by Gasteiger charge is 2.29. The lowest BCUT2D eigenvalue weighted by molar-refractivity contribution is 0.102. The van der Waals surface area contributed by atoms with Crippen molar-refractivity contribution in [3.05, 3.63) is 76.2 Å². The van der Waals surface area contributed by atoms with E-state index in [1.807, 2.05) is 49.4 Å². The normalized spacial score (nSPS) is 15.1. The molecule has 3 aromatic rings. The van der Waals surface area contributed by atoms with E-state index in [1.54, 1.807) is 12.1 Å². The Balaban J connectivity index is 1.67. The molecule has 2 N–H and O–H groups in total. The SMILES string of the molecule is CCOc1ccccc1NC(=O)c1c(NC(=O)c2ccccc2)sc2c1CC[C@H](C)C2. The predicted molar refractivity (Wildman–Crippen MR) is 125 cm³/mol. The van der Waals surface area contributed by atoms with E-state index < -0.39 is 0 Å². The second kappa shape index (κ2) is 9.35. The third-order valence-corrected chi connectivity index (χ3v) is 6.61. The zero-order chi connectivity index (χ0) is 21.8. The van der Waals surface area contributed by atoms with Crippen LogP contribution in [0.25, 0.3) is 0 Å². The molecule has 0 saturated heterocycles. The minimum absolute atomic E-state index is 0.212. The Morgan fingerprint density at radius 1 is 1.03 bits per heavy atom. The quantitative estimate of drug-likeness (QED) is 0.517. The molecule has 1 aromatic heterocycles. The van der Waals surface area contributed by atoms with Crippen molar-refractivity contribution in [3.63, 3.8) is 0 Å². The zero-order valence-corrected chi connectivity index (χ0v) is 18.6. The van der Waals surface area contributed by atoms with E-state index in [9.17, 15) is 9.59 Å². The molecule has 1 heterocycles. The Labute approximate surface area is 186 Å². The van der Waals surface area contributed by atoms with Gasteiger partial charge in [-0.05, 0) is 61.9 Å². The standard InChI is InChI=1S/C25H26N2O3S/c1-3-30-20-12-8-7-11-19(20)26-24(29)22-18-14-13-16(2)15-21(18)31-25(22)27-23(28)17-9-5-4-6-10-17/h4-12,16H,3,13-15H2,1-2H3,(H,26,29)(H,27,28)/t16-/m0/s1. The van der Waals surface area contributed by atoms with Crippen molar-refractivity contribution in [2.24, 2.45) is 5.92 Å². The second-order valence-electron chi connectivity index (χ2n) is 7.76. The number of rotatable bonds is 6. The van der Waals surface area contributed by atoms with Gasteiger partial charge in [0.1, 0.15) is 10.8 Å². The predicted octanol–water partition coefficient (Wildman–Crippen LogP) is 5.78. The highest BCUT2D eigenvalue weighted by molar-refractivity contribution is 7.17. The van der Waals surface area contributed by atoms with E-state index in [4.69, 9.17) is 4.74 Å². The molecule has 160 valence electrons. The van der Waals surface area contributed by atoms with Crippen molar-refractivity contribution in [1.82, 2.24) is 0 Å². The summed E-state index contributed by atoms with van der Waals surface area (Å²) < 4.78 is 5.65. The molecule has 5 nitrogen and oxygen atoms in total. The topological polar surface area (TPSA) is 67.4 Å². The first kappa shape index (κ1) is 21.1. The number of carbonyl (C=O) groups excluding carboxylic acids is 2. The Kier molecular flexibility index (Phi) is 6.37. The molecule has 0 fully saturated rings. The van der Waals surface area contributed by atoms with E-state index >= 15 is 0 Å². The average Bonchev–Trinajstić information content (AvgIpc) is 3.12. The zero-order valence-electron chi connectivity index (χ0n) is 17.7. The van der Waals surface area contributed by atoms with E-state index in [0.29, 0.717) is 40.1 Å². The number of hydrogen-bond donors (Lipinski definition) is 2. The monoisotopic (exact) mass is 434 g/mol. The van der Waals surface area contributed by atoms with Crippen molar-refractivity contribution in [2.45, 2.75) is 33.1 Å². The fourth-order valence-electron chi connectivity index (χ4n) is 3.88. The Hall–Kier alpha value is -3.12. The summed E-state index contributed by atoms with van der Waals surface area (Å²) in [7, 11) is 0. The van der Waals surface area contributed by atoms with Gasteiger partial charge in [-0.25, -0.2) is 0 Å². The Morgan fingerprint density at radius 2 is 1.77 bits per heavy atom. The summed E-state index contributed by atoms with van der Waals surface area (Å²) in [6.07, 6.45) is 2.80. The van der Waals surface area contributed by atoms with Gasteiger partial charge in [-0.15, -0.1) is 11.3 Å². The van der Waals surface area contributed by atoms with Crippen LogP contribution in [-0.2, 0) is 12.8 Å². The number of fused-ring (bicyclic) bond motifs is 1. The van der Waals surface area contributed by atoms with Gasteiger partial charge in [0, 0.05) is 10.4 Å². The van der Waals surface area contributed by atoms with Crippen LogP contribution in [0.4, 0.5) is 10.7 Å². The third kappa shape index (κ3) is 4.64. The van der Waals surface area contributed by atoms with E-state index in [1.165, 1.54) is 16.2 Å². The van der Waals surface area contributed by atoms with Gasteiger partial charge in [0.05, 0.1) is 17.9 Å². The van der Waals surface area contributed by atoms with Gasteiger partial charge >= 0.3 is 0 Å². The van der Waals surface area contributed by atoms with Gasteiger partial charge in [-0.3, -0.25) is 9.59 Å². The highest BCUT2D eigenvalue weighted by Crippen LogP contribution is 2.40. The number of nitrogens with one attached hydrogen (secondary N) is 2. The number of benzene rings is 2. The van der Waals surface area contributed by atoms with Gasteiger partial charge in [-0.1, -0.05) is 37.3 Å². The molecule has 4 rings (SSSR count). The summed E-state index contributed by atoms with van der Waals surface area (Å²) in [6, 6.07) is 16.5. The van der Waals surface area contributed by atoms with Gasteiger partial charge in [0.25, 0.3) is 11.8 Å². The number of carbonyl (C=O) groups is 2. The van der Waals surface area contributed by atoms with Gasteiger partial charge < -0.3 is 15.4 Å². The smallest absolute Gasteiger partial charge is 0.259 e. The van der Waals surface area contributed by atoms with Crippen LogP contribution in [0, 0.1) is 5.92 Å². The molecular formula is C25H26N2O3S. The molecule has 6 heteroatoms. The molecule has 0 spiro atoms. The summed E-state index contributed by atoms with van der Waals surface area (Å²) in [5, 5.41) is 6.61. The van der Waals surface area contributed by atoms with Crippen LogP contribution in [0.1, 0.15) is 51.4 Å². The second-order valence-corrected chi connectivity index (χ2v) is 8.86. The lowest BCUT2D eigenvalue weighted by Gasteiger charge is -2.19. The first-order chi connectivity index (χ1) is 15.1. The molecule has 0 unspecified atom stereocenters. The first-order valence-corrected chi connectivity index (χ1v) is 11.4. The van der Waals surface area contributed by atoms with Crippen LogP contribution in [0.2, 0.25) is 0 Å². The van der Waals surface area contributed by atoms with Crippen LogP contribution < -0.4 is 15.4 Å². The van der Waals surface area contributed by atoms with E-state index in [2.05, 4.69) is 17.6 Å². The van der Waals surface area contributed by atoms with Crippen molar-refractivity contribution in [1.29, 1.82) is 0 Å². The van der Waals surface area contributed by atoms with Crippen molar-refractivity contribution in [2.75, 3.05) is 17.2 Å². The van der Waals surface area contributed by atoms with Crippen molar-refractivity contribution in [3.8, 4) is 5.75 Å². The molecule has 2 aromatic carbocycles. The minimum Gasteiger partial charge on any atom is -0.492 e. The van der Waals surface area contributed by atoms with Crippen LogP contribution in [0.3, 0.4) is 0 Å². The summed E-state index contributed by atoms with van der Waals surface area (Å²) in [4.78, 5) is 27.4. The molecule has 1 atom stereocenters. The Morgan fingerprint density at radius 3 is 2.55 bits per heavy atom. The number of thiophene rings is 1. The van der Waals surface area contributed by atoms with E-state index in [0.717, 1.165) is 24.8 Å². The lowest BCUT2D eigenvalue weighted by Crippen LogP contribution is -2.19. The molecule has 1 aliphatic rings. The largest absolute Gasteiger partial charge is 0.492 e. The van der Waals surface area contributed by atoms with Crippen LogP contribution in [-0.4, -0.2) is 18.4 Å². The maximum absolute atomic E-state index is 13.4. The van der Waals surface area contributed by atoms with Gasteiger partial charge in [-0.2, -0.15) is 0 Å². The molecule has 31 heavy (non-hydrogen) atoms. The average molecular weight is 435 g/mol. The molecular weight excluding hydrogens is 408 g/mol. The number of para-hydroxylation sites is 2. The van der Waals surface area contributed by atoms with Crippen LogP contribution in [0.5, 0.6) is 5.75 Å². The maximum atomic E-state index is 13.4. The fourth-order valence-corrected chi connectivity index (χ4v) is 5.28. The summed E-state index contributed by atoms with van der Waals surface area (Å²) in [5.74, 6) is 0.767.